The highest BCUT2D eigenvalue weighted by molar-refractivity contribution is 5.96. The molecule has 1 aromatic carbocycles. The molecule has 1 rings (SSSR count). The number of ether oxygens (including phenoxy) is 5. The maximum Gasteiger partial charge on any atom is 0.308 e. The molecule has 0 saturated heterocycles. The number of anilines is 1. The number of nitrogens with one attached hydrogen (secondary N) is 3. The van der Waals surface area contributed by atoms with Crippen molar-refractivity contribution in [2.24, 2.45) is 11.7 Å². The molecule has 0 fully saturated rings. The molecule has 0 saturated carbocycles. The van der Waals surface area contributed by atoms with E-state index in [0.29, 0.717) is 70.5 Å². The fraction of sp³-hybridized carbons (Fsp3) is 0.667. The van der Waals surface area contributed by atoms with Crippen molar-refractivity contribution in [2.45, 2.75) is 33.8 Å². The third-order valence-electron chi connectivity index (χ3n) is 5.16. The van der Waals surface area contributed by atoms with Crippen molar-refractivity contribution >= 4 is 23.5 Å². The van der Waals surface area contributed by atoms with Gasteiger partial charge in [-0.2, -0.15) is 0 Å². The summed E-state index contributed by atoms with van der Waals surface area (Å²) in [7, 11) is 0. The fourth-order valence-corrected chi connectivity index (χ4v) is 3.11. The molecule has 0 aliphatic carbocycles. The quantitative estimate of drug-likeness (QED) is 0.114. The minimum Gasteiger partial charge on any atom is -0.461 e. The maximum absolute atomic E-state index is 12.8. The van der Waals surface area contributed by atoms with Crippen molar-refractivity contribution in [3.63, 3.8) is 0 Å². The normalized spacial score (nSPS) is 10.9. The summed E-state index contributed by atoms with van der Waals surface area (Å²) in [5, 5.41) is 8.72. The Morgan fingerprint density at radius 2 is 1.44 bits per heavy atom. The number of hydrogen-bond acceptors (Lipinski definition) is 10. The number of benzene rings is 1. The number of nitrogens with two attached hydrogens (primary N) is 1. The molecule has 2 amide bonds. The molecule has 0 atom stereocenters. The van der Waals surface area contributed by atoms with Crippen LogP contribution in [0.1, 0.15) is 43.1 Å². The van der Waals surface area contributed by atoms with Crippen molar-refractivity contribution < 1.29 is 38.1 Å². The Morgan fingerprint density at radius 3 is 2.03 bits per heavy atom. The van der Waals surface area contributed by atoms with E-state index in [0.717, 1.165) is 5.69 Å². The van der Waals surface area contributed by atoms with Gasteiger partial charge in [-0.25, -0.2) is 0 Å². The summed E-state index contributed by atoms with van der Waals surface area (Å²) in [6.45, 7) is 10.7. The van der Waals surface area contributed by atoms with Crippen molar-refractivity contribution in [1.29, 1.82) is 0 Å². The largest absolute Gasteiger partial charge is 0.461 e. The van der Waals surface area contributed by atoms with Crippen LogP contribution in [0.15, 0.2) is 18.2 Å². The van der Waals surface area contributed by atoms with Gasteiger partial charge in [0.2, 0.25) is 5.91 Å². The van der Waals surface area contributed by atoms with Gasteiger partial charge in [0.25, 0.3) is 5.91 Å². The van der Waals surface area contributed by atoms with Gasteiger partial charge in [0, 0.05) is 49.4 Å². The standard InChI is InChI=1S/C27H46N4O8/c1-4-29-23-6-5-22(20-39-27(34)21(2)3)24(19-23)26(33)31-10-9-30-25(32)7-11-35-13-15-37-17-18-38-16-14-36-12-8-28/h5-6,19,21,29H,4,7-18,20,28H2,1-3H3,(H,30,32)(H,31,33). The number of amides is 2. The Bertz CT molecular complexity index is 838. The average Bonchev–Trinajstić information content (AvgIpc) is 2.92. The number of hydrogen-bond donors (Lipinski definition) is 4. The summed E-state index contributed by atoms with van der Waals surface area (Å²) in [4.78, 5) is 36.7. The van der Waals surface area contributed by atoms with Crippen LogP contribution >= 0.6 is 0 Å². The van der Waals surface area contributed by atoms with E-state index in [4.69, 9.17) is 29.4 Å². The topological polar surface area (TPSA) is 159 Å². The summed E-state index contributed by atoms with van der Waals surface area (Å²) in [6, 6.07) is 5.33. The smallest absolute Gasteiger partial charge is 0.308 e. The lowest BCUT2D eigenvalue weighted by Gasteiger charge is -2.14. The average molecular weight is 555 g/mol. The minimum absolute atomic E-state index is 0.00673. The Balaban J connectivity index is 2.21. The van der Waals surface area contributed by atoms with Crippen molar-refractivity contribution in [1.82, 2.24) is 10.6 Å². The first-order chi connectivity index (χ1) is 18.9. The lowest BCUT2D eigenvalue weighted by molar-refractivity contribution is -0.148. The van der Waals surface area contributed by atoms with E-state index in [-0.39, 0.29) is 56.4 Å². The van der Waals surface area contributed by atoms with Crippen molar-refractivity contribution in [3.8, 4) is 0 Å². The van der Waals surface area contributed by atoms with Gasteiger partial charge in [-0.1, -0.05) is 19.9 Å². The van der Waals surface area contributed by atoms with Crippen LogP contribution in [0.4, 0.5) is 5.69 Å². The lowest BCUT2D eigenvalue weighted by atomic mass is 10.1. The third-order valence-corrected chi connectivity index (χ3v) is 5.16. The monoisotopic (exact) mass is 554 g/mol. The molecule has 0 heterocycles. The first-order valence-corrected chi connectivity index (χ1v) is 13.5. The predicted molar refractivity (Wildman–Crippen MR) is 148 cm³/mol. The van der Waals surface area contributed by atoms with Gasteiger partial charge < -0.3 is 45.4 Å². The second-order valence-corrected chi connectivity index (χ2v) is 8.76. The molecule has 0 aliphatic heterocycles. The predicted octanol–water partition coefficient (Wildman–Crippen LogP) is 1.08. The maximum atomic E-state index is 12.8. The molecule has 222 valence electrons. The van der Waals surface area contributed by atoms with Crippen LogP contribution in [0.5, 0.6) is 0 Å². The Kier molecular flexibility index (Phi) is 19.4. The highest BCUT2D eigenvalue weighted by atomic mass is 16.6. The molecule has 5 N–H and O–H groups in total. The molecule has 0 radical (unpaired) electrons. The number of carbonyl (C=O) groups excluding carboxylic acids is 3. The number of rotatable bonds is 23. The van der Waals surface area contributed by atoms with Crippen LogP contribution in [-0.4, -0.2) is 96.8 Å². The second-order valence-electron chi connectivity index (χ2n) is 8.76. The first-order valence-electron chi connectivity index (χ1n) is 13.5. The summed E-state index contributed by atoms with van der Waals surface area (Å²) in [5.41, 5.74) is 7.13. The van der Waals surface area contributed by atoms with E-state index in [9.17, 15) is 14.4 Å². The zero-order valence-corrected chi connectivity index (χ0v) is 23.6. The van der Waals surface area contributed by atoms with E-state index in [1.807, 2.05) is 13.0 Å². The van der Waals surface area contributed by atoms with E-state index in [1.165, 1.54) is 0 Å². The SMILES string of the molecule is CCNc1ccc(COC(=O)C(C)C)c(C(=O)NCCNC(=O)CCOCCOCCOCCOCCN)c1. The lowest BCUT2D eigenvalue weighted by Crippen LogP contribution is -2.35. The van der Waals surface area contributed by atoms with Gasteiger partial charge in [-0.15, -0.1) is 0 Å². The van der Waals surface area contributed by atoms with Crippen molar-refractivity contribution in [2.75, 3.05) is 84.4 Å². The van der Waals surface area contributed by atoms with Crippen LogP contribution in [0.25, 0.3) is 0 Å². The zero-order chi connectivity index (χ0) is 28.7. The molecule has 0 aliphatic rings. The van der Waals surface area contributed by atoms with Crippen LogP contribution in [-0.2, 0) is 39.9 Å². The first kappa shape index (κ1) is 34.3. The van der Waals surface area contributed by atoms with Gasteiger partial charge in [-0.05, 0) is 19.1 Å². The summed E-state index contributed by atoms with van der Waals surface area (Å²) < 4.78 is 26.6. The molecule has 12 heteroatoms. The summed E-state index contributed by atoms with van der Waals surface area (Å²) in [6.07, 6.45) is 0.204. The third kappa shape index (κ3) is 16.7. The fourth-order valence-electron chi connectivity index (χ4n) is 3.11. The molecule has 0 aromatic heterocycles. The van der Waals surface area contributed by atoms with Gasteiger partial charge in [0.1, 0.15) is 6.61 Å². The van der Waals surface area contributed by atoms with E-state index >= 15 is 0 Å². The Labute approximate surface area is 231 Å². The van der Waals surface area contributed by atoms with Gasteiger partial charge in [-0.3, -0.25) is 14.4 Å². The van der Waals surface area contributed by atoms with E-state index in [1.54, 1.807) is 26.0 Å². The highest BCUT2D eigenvalue weighted by Gasteiger charge is 2.15. The van der Waals surface area contributed by atoms with E-state index in [2.05, 4.69) is 16.0 Å². The van der Waals surface area contributed by atoms with Gasteiger partial charge >= 0.3 is 5.97 Å². The number of esters is 1. The highest BCUT2D eigenvalue weighted by Crippen LogP contribution is 2.18. The molecular formula is C27H46N4O8. The summed E-state index contributed by atoms with van der Waals surface area (Å²) in [5.74, 6) is -1.07. The molecule has 0 unspecified atom stereocenters. The second kappa shape index (κ2) is 22.1. The Morgan fingerprint density at radius 1 is 0.846 bits per heavy atom. The molecule has 39 heavy (non-hydrogen) atoms. The van der Waals surface area contributed by atoms with Crippen molar-refractivity contribution in [3.05, 3.63) is 29.3 Å². The molecule has 1 aromatic rings. The van der Waals surface area contributed by atoms with Crippen LogP contribution in [0, 0.1) is 5.92 Å². The summed E-state index contributed by atoms with van der Waals surface area (Å²) >= 11 is 0. The van der Waals surface area contributed by atoms with Gasteiger partial charge in [0.15, 0.2) is 0 Å². The van der Waals surface area contributed by atoms with Crippen LogP contribution < -0.4 is 21.7 Å². The van der Waals surface area contributed by atoms with E-state index < -0.39 is 0 Å². The number of carbonyl (C=O) groups is 3. The Hall–Kier alpha value is -2.77. The molecule has 0 bridgehead atoms. The van der Waals surface area contributed by atoms with Crippen LogP contribution in [0.2, 0.25) is 0 Å². The zero-order valence-electron chi connectivity index (χ0n) is 23.6. The molecular weight excluding hydrogens is 508 g/mol. The van der Waals surface area contributed by atoms with Crippen LogP contribution in [0.3, 0.4) is 0 Å². The molecule has 12 nitrogen and oxygen atoms in total. The minimum atomic E-state index is -0.331. The molecule has 0 spiro atoms. The van der Waals surface area contributed by atoms with Gasteiger partial charge in [0.05, 0.1) is 58.8 Å².